The zero-order chi connectivity index (χ0) is 26.6. The second kappa shape index (κ2) is 15.0. The second-order valence-electron chi connectivity index (χ2n) is 8.94. The van der Waals surface area contributed by atoms with Crippen LogP contribution in [0, 0.1) is 0 Å². The molecule has 1 aliphatic carbocycles. The summed E-state index contributed by atoms with van der Waals surface area (Å²) in [6.07, 6.45) is 2.54. The lowest BCUT2D eigenvalue weighted by atomic mass is 9.98. The van der Waals surface area contributed by atoms with Gasteiger partial charge in [0, 0.05) is 20.0 Å². The Kier molecular flexibility index (Phi) is 12.5. The van der Waals surface area contributed by atoms with E-state index in [2.05, 4.69) is 0 Å². The summed E-state index contributed by atoms with van der Waals surface area (Å²) in [4.78, 5) is 28.9. The second-order valence-corrected chi connectivity index (χ2v) is 8.94. The van der Waals surface area contributed by atoms with Gasteiger partial charge in [-0.25, -0.2) is 18.4 Å². The summed E-state index contributed by atoms with van der Waals surface area (Å²) in [5.74, 6) is -4.98. The maximum atomic E-state index is 13.2. The van der Waals surface area contributed by atoms with Gasteiger partial charge in [-0.1, -0.05) is 31.4 Å². The first kappa shape index (κ1) is 29.9. The molecule has 0 heterocycles. The molecule has 1 fully saturated rings. The molecule has 2 unspecified atom stereocenters. The van der Waals surface area contributed by atoms with Gasteiger partial charge in [0.15, 0.2) is 12.2 Å². The standard InChI is InChI=1S/C25H37F2NO8/c1-3-33-21(23(29)30)15-18-9-11-19(12-10-18)34-14-13-28(36-20-7-5-4-6-8-20)16-22(24(31)32)35-17-25(2,26)27/h9-12,20-22H,3-8,13-17H2,1-2H3,(H,29,30)(H,31,32). The molecule has 0 aromatic heterocycles. The molecule has 0 aliphatic heterocycles. The van der Waals surface area contributed by atoms with Gasteiger partial charge < -0.3 is 24.4 Å². The molecule has 2 rings (SSSR count). The maximum absolute atomic E-state index is 13.2. The molecule has 0 spiro atoms. The maximum Gasteiger partial charge on any atom is 0.334 e. The van der Waals surface area contributed by atoms with E-state index < -0.39 is 36.7 Å². The van der Waals surface area contributed by atoms with E-state index in [0.29, 0.717) is 19.3 Å². The fourth-order valence-electron chi connectivity index (χ4n) is 3.82. The van der Waals surface area contributed by atoms with Crippen molar-refractivity contribution in [3.05, 3.63) is 29.8 Å². The van der Waals surface area contributed by atoms with E-state index in [1.54, 1.807) is 31.2 Å². The highest BCUT2D eigenvalue weighted by Crippen LogP contribution is 2.22. The van der Waals surface area contributed by atoms with E-state index in [1.165, 1.54) is 5.06 Å². The highest BCUT2D eigenvalue weighted by molar-refractivity contribution is 5.73. The smallest absolute Gasteiger partial charge is 0.334 e. The number of carboxylic acid groups (broad SMARTS) is 2. The van der Waals surface area contributed by atoms with E-state index in [0.717, 1.165) is 37.7 Å². The zero-order valence-corrected chi connectivity index (χ0v) is 20.9. The normalized spacial score (nSPS) is 16.6. The van der Waals surface area contributed by atoms with Crippen LogP contribution in [0.15, 0.2) is 24.3 Å². The summed E-state index contributed by atoms with van der Waals surface area (Å²) < 4.78 is 42.4. The van der Waals surface area contributed by atoms with E-state index in [-0.39, 0.29) is 32.2 Å². The molecule has 1 aromatic rings. The summed E-state index contributed by atoms with van der Waals surface area (Å²) in [5.41, 5.74) is 0.777. The van der Waals surface area contributed by atoms with Crippen molar-refractivity contribution in [3.63, 3.8) is 0 Å². The van der Waals surface area contributed by atoms with Crippen LogP contribution >= 0.6 is 0 Å². The van der Waals surface area contributed by atoms with Crippen LogP contribution in [0.2, 0.25) is 0 Å². The number of carboxylic acids is 2. The molecule has 0 amide bonds. The molecule has 36 heavy (non-hydrogen) atoms. The van der Waals surface area contributed by atoms with Crippen molar-refractivity contribution in [1.82, 2.24) is 5.06 Å². The fraction of sp³-hybridized carbons (Fsp3) is 0.680. The van der Waals surface area contributed by atoms with Gasteiger partial charge in [0.05, 0.1) is 19.2 Å². The third-order valence-electron chi connectivity index (χ3n) is 5.63. The first-order valence-electron chi connectivity index (χ1n) is 12.3. The van der Waals surface area contributed by atoms with Crippen LogP contribution in [-0.2, 0) is 30.3 Å². The lowest BCUT2D eigenvalue weighted by Gasteiger charge is -2.31. The van der Waals surface area contributed by atoms with Crippen LogP contribution in [-0.4, -0.2) is 84.4 Å². The van der Waals surface area contributed by atoms with Gasteiger partial charge in [-0.15, -0.1) is 0 Å². The average molecular weight is 518 g/mol. The molecule has 11 heteroatoms. The number of ether oxygens (including phenoxy) is 3. The van der Waals surface area contributed by atoms with Gasteiger partial charge in [0.2, 0.25) is 0 Å². The zero-order valence-electron chi connectivity index (χ0n) is 20.9. The van der Waals surface area contributed by atoms with Gasteiger partial charge in [0.1, 0.15) is 19.0 Å². The highest BCUT2D eigenvalue weighted by Gasteiger charge is 2.30. The number of rotatable bonds is 17. The van der Waals surface area contributed by atoms with Gasteiger partial charge in [-0.05, 0) is 37.5 Å². The molecule has 0 bridgehead atoms. The lowest BCUT2D eigenvalue weighted by Crippen LogP contribution is -2.43. The number of benzene rings is 1. The third-order valence-corrected chi connectivity index (χ3v) is 5.63. The molecular formula is C25H37F2NO8. The Morgan fingerprint density at radius 3 is 2.25 bits per heavy atom. The number of hydroxylamine groups is 2. The predicted octanol–water partition coefficient (Wildman–Crippen LogP) is 3.79. The van der Waals surface area contributed by atoms with Crippen LogP contribution in [0.4, 0.5) is 8.78 Å². The van der Waals surface area contributed by atoms with Crippen molar-refractivity contribution in [2.24, 2.45) is 0 Å². The van der Waals surface area contributed by atoms with Gasteiger partial charge in [0.25, 0.3) is 5.92 Å². The van der Waals surface area contributed by atoms with Gasteiger partial charge in [-0.3, -0.25) is 4.84 Å². The van der Waals surface area contributed by atoms with E-state index in [1.807, 2.05) is 0 Å². The Bertz CT molecular complexity index is 796. The van der Waals surface area contributed by atoms with Crippen molar-refractivity contribution in [2.75, 3.05) is 32.9 Å². The quantitative estimate of drug-likeness (QED) is 0.298. The van der Waals surface area contributed by atoms with Crippen LogP contribution < -0.4 is 4.74 Å². The number of aliphatic carboxylic acids is 2. The highest BCUT2D eigenvalue weighted by atomic mass is 19.3. The number of carbonyl (C=O) groups is 2. The summed E-state index contributed by atoms with van der Waals surface area (Å²) in [6, 6.07) is 6.91. The molecule has 9 nitrogen and oxygen atoms in total. The number of halogens is 2. The Balaban J connectivity index is 1.94. The molecule has 204 valence electrons. The topological polar surface area (TPSA) is 115 Å². The predicted molar refractivity (Wildman–Crippen MR) is 126 cm³/mol. The van der Waals surface area contributed by atoms with E-state index >= 15 is 0 Å². The number of nitrogens with zero attached hydrogens (tertiary/aromatic N) is 1. The van der Waals surface area contributed by atoms with Crippen molar-refractivity contribution >= 4 is 11.9 Å². The molecular weight excluding hydrogens is 480 g/mol. The van der Waals surface area contributed by atoms with Crippen LogP contribution in [0.1, 0.15) is 51.5 Å². The molecule has 0 saturated heterocycles. The minimum atomic E-state index is -3.15. The number of hydrogen-bond donors (Lipinski definition) is 2. The average Bonchev–Trinajstić information content (AvgIpc) is 2.82. The van der Waals surface area contributed by atoms with Crippen molar-refractivity contribution in [1.29, 1.82) is 0 Å². The Hall–Kier alpha value is -2.34. The monoisotopic (exact) mass is 517 g/mol. The largest absolute Gasteiger partial charge is 0.492 e. The summed E-state index contributed by atoms with van der Waals surface area (Å²) in [6.45, 7) is 1.82. The number of hydrogen-bond acceptors (Lipinski definition) is 7. The van der Waals surface area contributed by atoms with Gasteiger partial charge in [-0.2, -0.15) is 5.06 Å². The molecule has 1 saturated carbocycles. The molecule has 1 aromatic carbocycles. The SMILES string of the molecule is CCOC(Cc1ccc(OCCN(CC(OCC(C)(F)F)C(=O)O)OC2CCCCC2)cc1)C(=O)O. The summed E-state index contributed by atoms with van der Waals surface area (Å²) in [7, 11) is 0. The van der Waals surface area contributed by atoms with Crippen LogP contribution in [0.25, 0.3) is 0 Å². The Morgan fingerprint density at radius 2 is 1.69 bits per heavy atom. The molecule has 2 atom stereocenters. The van der Waals surface area contributed by atoms with Crippen molar-refractivity contribution in [3.8, 4) is 5.75 Å². The fourth-order valence-corrected chi connectivity index (χ4v) is 3.82. The molecule has 1 aliphatic rings. The summed E-state index contributed by atoms with van der Waals surface area (Å²) >= 11 is 0. The molecule has 0 radical (unpaired) electrons. The first-order valence-corrected chi connectivity index (χ1v) is 12.3. The lowest BCUT2D eigenvalue weighted by molar-refractivity contribution is -0.226. The van der Waals surface area contributed by atoms with Crippen molar-refractivity contribution in [2.45, 2.75) is 76.6 Å². The first-order chi connectivity index (χ1) is 17.1. The van der Waals surface area contributed by atoms with Gasteiger partial charge >= 0.3 is 11.9 Å². The number of alkyl halides is 2. The van der Waals surface area contributed by atoms with Crippen molar-refractivity contribution < 1.29 is 47.6 Å². The third kappa shape index (κ3) is 11.6. The van der Waals surface area contributed by atoms with E-state index in [9.17, 15) is 28.6 Å². The minimum absolute atomic E-state index is 0.0763. The molecule has 2 N–H and O–H groups in total. The Morgan fingerprint density at radius 1 is 1.06 bits per heavy atom. The summed E-state index contributed by atoms with van der Waals surface area (Å²) in [5, 5.41) is 20.1. The van der Waals surface area contributed by atoms with E-state index in [4.69, 9.17) is 19.0 Å². The van der Waals surface area contributed by atoms with Crippen LogP contribution in [0.5, 0.6) is 5.75 Å². The van der Waals surface area contributed by atoms with Crippen LogP contribution in [0.3, 0.4) is 0 Å². The Labute approximate surface area is 210 Å². The minimum Gasteiger partial charge on any atom is -0.492 e.